The monoisotopic (exact) mass is 281 g/mol. The van der Waals surface area contributed by atoms with Crippen LogP contribution in [0.25, 0.3) is 22.2 Å². The van der Waals surface area contributed by atoms with Crippen LogP contribution in [-0.2, 0) is 6.42 Å². The first-order valence-electron chi connectivity index (χ1n) is 7.43. The molecule has 0 fully saturated rings. The fourth-order valence-electron chi connectivity index (χ4n) is 2.71. The van der Waals surface area contributed by atoms with Gasteiger partial charge in [-0.05, 0) is 35.0 Å². The Morgan fingerprint density at radius 3 is 2.57 bits per heavy atom. The summed E-state index contributed by atoms with van der Waals surface area (Å²) >= 11 is 0. The van der Waals surface area contributed by atoms with Crippen molar-refractivity contribution in [3.05, 3.63) is 48.0 Å². The van der Waals surface area contributed by atoms with Crippen LogP contribution >= 0.6 is 0 Å². The number of rotatable bonds is 5. The normalized spacial score (nSPS) is 11.1. The van der Waals surface area contributed by atoms with Crippen molar-refractivity contribution >= 4 is 11.0 Å². The number of fused-ring (bicyclic) bond motifs is 1. The zero-order chi connectivity index (χ0) is 14.7. The molecule has 0 saturated carbocycles. The lowest BCUT2D eigenvalue weighted by molar-refractivity contribution is 0.113. The van der Waals surface area contributed by atoms with Gasteiger partial charge in [-0.25, -0.2) is 0 Å². The number of hydrogen-bond donors (Lipinski definition) is 1. The van der Waals surface area contributed by atoms with Crippen molar-refractivity contribution in [2.45, 2.75) is 32.6 Å². The molecule has 0 amide bonds. The highest BCUT2D eigenvalue weighted by atomic mass is 16.5. The molecule has 0 aliphatic heterocycles. The molecule has 0 aliphatic carbocycles. The Balaban J connectivity index is 2.13. The van der Waals surface area contributed by atoms with E-state index in [1.54, 1.807) is 0 Å². The highest BCUT2D eigenvalue weighted by Gasteiger charge is 2.14. The number of hydrogen-bond acceptors (Lipinski definition) is 3. The quantitative estimate of drug-likeness (QED) is 0.566. The van der Waals surface area contributed by atoms with Crippen LogP contribution in [0.5, 0.6) is 0 Å². The van der Waals surface area contributed by atoms with E-state index in [1.807, 2.05) is 24.3 Å². The summed E-state index contributed by atoms with van der Waals surface area (Å²) in [6.07, 6.45) is 4.61. The molecule has 3 aromatic rings. The van der Waals surface area contributed by atoms with E-state index in [9.17, 15) is 5.21 Å². The van der Waals surface area contributed by atoms with Gasteiger partial charge in [0.05, 0.1) is 0 Å². The summed E-state index contributed by atoms with van der Waals surface area (Å²) in [5, 5.41) is 17.7. The van der Waals surface area contributed by atoms with Crippen molar-refractivity contribution in [1.29, 1.82) is 0 Å². The van der Waals surface area contributed by atoms with Gasteiger partial charge in [0.15, 0.2) is 0 Å². The molecule has 0 unspecified atom stereocenters. The third-order valence-corrected chi connectivity index (χ3v) is 3.74. The van der Waals surface area contributed by atoms with Crippen molar-refractivity contribution < 1.29 is 5.21 Å². The molecule has 1 N–H and O–H groups in total. The second-order valence-electron chi connectivity index (χ2n) is 5.26. The second-order valence-corrected chi connectivity index (χ2v) is 5.26. The van der Waals surface area contributed by atoms with E-state index in [0.717, 1.165) is 35.0 Å². The summed E-state index contributed by atoms with van der Waals surface area (Å²) in [6.45, 7) is 2.21. The minimum absolute atomic E-state index is 0.660. The molecule has 0 bridgehead atoms. The number of benzene rings is 2. The third kappa shape index (κ3) is 2.75. The van der Waals surface area contributed by atoms with Crippen LogP contribution in [-0.4, -0.2) is 20.4 Å². The number of aromatic nitrogens is 3. The third-order valence-electron chi connectivity index (χ3n) is 3.74. The van der Waals surface area contributed by atoms with E-state index in [4.69, 9.17) is 0 Å². The van der Waals surface area contributed by atoms with Gasteiger partial charge in [0.1, 0.15) is 11.0 Å². The smallest absolute Gasteiger partial charge is 0.125 e. The van der Waals surface area contributed by atoms with Crippen molar-refractivity contribution in [3.8, 4) is 11.1 Å². The van der Waals surface area contributed by atoms with Crippen LogP contribution in [0.1, 0.15) is 31.7 Å². The Morgan fingerprint density at radius 1 is 1.00 bits per heavy atom. The standard InChI is InChI=1S/C17H19N3O/c1-2-3-5-8-14-11-12-15-17(19-20(21)18-15)16(14)13-9-6-4-7-10-13/h4,6-7,9-12,21H,2-3,5,8H2,1H3. The molecule has 2 aromatic carbocycles. The zero-order valence-electron chi connectivity index (χ0n) is 12.2. The lowest BCUT2D eigenvalue weighted by Gasteiger charge is -2.10. The summed E-state index contributed by atoms with van der Waals surface area (Å²) in [4.78, 5) is 0.660. The van der Waals surface area contributed by atoms with Gasteiger partial charge in [-0.1, -0.05) is 56.2 Å². The predicted octanol–water partition coefficient (Wildman–Crippen LogP) is 4.07. The fourth-order valence-corrected chi connectivity index (χ4v) is 2.71. The predicted molar refractivity (Wildman–Crippen MR) is 83.4 cm³/mol. The van der Waals surface area contributed by atoms with Crippen molar-refractivity contribution in [2.75, 3.05) is 0 Å². The largest absolute Gasteiger partial charge is 0.396 e. The Hall–Kier alpha value is -2.36. The topological polar surface area (TPSA) is 50.9 Å². The highest BCUT2D eigenvalue weighted by Crippen LogP contribution is 2.31. The molecule has 3 rings (SSSR count). The summed E-state index contributed by atoms with van der Waals surface area (Å²) in [5.74, 6) is 0. The molecule has 108 valence electrons. The molecule has 1 heterocycles. The number of unbranched alkanes of at least 4 members (excludes halogenated alkanes) is 2. The van der Waals surface area contributed by atoms with Crippen molar-refractivity contribution in [1.82, 2.24) is 15.2 Å². The Morgan fingerprint density at radius 2 is 1.81 bits per heavy atom. The first-order chi connectivity index (χ1) is 10.3. The Labute approximate surface area is 124 Å². The second kappa shape index (κ2) is 5.95. The van der Waals surface area contributed by atoms with Gasteiger partial charge in [0.25, 0.3) is 0 Å². The molecule has 4 nitrogen and oxygen atoms in total. The molecule has 0 saturated heterocycles. The Kier molecular flexibility index (Phi) is 3.86. The van der Waals surface area contributed by atoms with Gasteiger partial charge >= 0.3 is 0 Å². The van der Waals surface area contributed by atoms with Crippen LogP contribution in [0.3, 0.4) is 0 Å². The molecule has 21 heavy (non-hydrogen) atoms. The van der Waals surface area contributed by atoms with Crippen molar-refractivity contribution in [2.24, 2.45) is 0 Å². The lowest BCUT2D eigenvalue weighted by Crippen LogP contribution is -1.94. The molecule has 0 aliphatic rings. The maximum absolute atomic E-state index is 9.53. The molecule has 0 spiro atoms. The van der Waals surface area contributed by atoms with E-state index in [2.05, 4.69) is 35.3 Å². The first kappa shape index (κ1) is 13.6. The summed E-state index contributed by atoms with van der Waals surface area (Å²) in [5.41, 5.74) is 4.95. The van der Waals surface area contributed by atoms with E-state index < -0.39 is 0 Å². The molecule has 0 radical (unpaired) electrons. The molecular formula is C17H19N3O. The summed E-state index contributed by atoms with van der Waals surface area (Å²) in [6, 6.07) is 14.2. The maximum Gasteiger partial charge on any atom is 0.125 e. The van der Waals surface area contributed by atoms with E-state index in [0.29, 0.717) is 4.96 Å². The van der Waals surface area contributed by atoms with E-state index in [-0.39, 0.29) is 0 Å². The van der Waals surface area contributed by atoms with Gasteiger partial charge in [-0.3, -0.25) is 0 Å². The molecular weight excluding hydrogens is 262 g/mol. The minimum Gasteiger partial charge on any atom is -0.396 e. The molecule has 0 atom stereocenters. The maximum atomic E-state index is 9.53. The van der Waals surface area contributed by atoms with Gasteiger partial charge in [-0.2, -0.15) is 0 Å². The van der Waals surface area contributed by atoms with Gasteiger partial charge < -0.3 is 5.21 Å². The van der Waals surface area contributed by atoms with Crippen LogP contribution in [0.2, 0.25) is 0 Å². The van der Waals surface area contributed by atoms with E-state index in [1.165, 1.54) is 18.4 Å². The van der Waals surface area contributed by atoms with Crippen LogP contribution in [0, 0.1) is 0 Å². The number of aryl methyl sites for hydroxylation is 1. The molecule has 1 aromatic heterocycles. The number of nitrogens with zero attached hydrogens (tertiary/aromatic N) is 3. The van der Waals surface area contributed by atoms with Gasteiger partial charge in [0.2, 0.25) is 0 Å². The summed E-state index contributed by atoms with van der Waals surface area (Å²) in [7, 11) is 0. The average Bonchev–Trinajstić information content (AvgIpc) is 2.88. The Bertz CT molecular complexity index is 734. The van der Waals surface area contributed by atoms with Gasteiger partial charge in [-0.15, -0.1) is 10.2 Å². The lowest BCUT2D eigenvalue weighted by atomic mass is 9.94. The van der Waals surface area contributed by atoms with E-state index >= 15 is 0 Å². The fraction of sp³-hybridized carbons (Fsp3) is 0.294. The summed E-state index contributed by atoms with van der Waals surface area (Å²) < 4.78 is 0. The van der Waals surface area contributed by atoms with Crippen molar-refractivity contribution in [3.63, 3.8) is 0 Å². The zero-order valence-corrected chi connectivity index (χ0v) is 12.2. The van der Waals surface area contributed by atoms with Crippen LogP contribution < -0.4 is 0 Å². The van der Waals surface area contributed by atoms with Crippen LogP contribution in [0.15, 0.2) is 42.5 Å². The minimum atomic E-state index is 0.660. The van der Waals surface area contributed by atoms with Gasteiger partial charge in [0, 0.05) is 5.56 Å². The average molecular weight is 281 g/mol. The highest BCUT2D eigenvalue weighted by molar-refractivity contribution is 5.93. The van der Waals surface area contributed by atoms with Crippen LogP contribution in [0.4, 0.5) is 0 Å². The molecule has 4 heteroatoms. The SMILES string of the molecule is CCCCCc1ccc2nn(O)nc2c1-c1ccccc1. The first-order valence-corrected chi connectivity index (χ1v) is 7.43.